The second-order valence-corrected chi connectivity index (χ2v) is 10.1. The molecule has 1 aliphatic rings. The topological polar surface area (TPSA) is 98.1 Å². The van der Waals surface area contributed by atoms with Crippen molar-refractivity contribution in [2.24, 2.45) is 0 Å². The molecular weight excluding hydrogens is 528 g/mol. The number of carbonyl (C=O) groups is 2. The molecule has 2 aromatic carbocycles. The maximum atomic E-state index is 12.7. The van der Waals surface area contributed by atoms with E-state index in [0.717, 1.165) is 10.0 Å². The molecule has 1 saturated heterocycles. The first-order valence-electron chi connectivity index (χ1n) is 11.4. The number of amides is 1. The number of hydrogen-bond acceptors (Lipinski definition) is 7. The summed E-state index contributed by atoms with van der Waals surface area (Å²) in [5, 5.41) is 9.51. The summed E-state index contributed by atoms with van der Waals surface area (Å²) >= 11 is 3.47. The zero-order valence-corrected chi connectivity index (χ0v) is 22.4. The molecule has 2 aromatic rings. The molecular formula is C27H29BrN2O6. The fourth-order valence-electron chi connectivity index (χ4n) is 3.61. The summed E-state index contributed by atoms with van der Waals surface area (Å²) in [6, 6.07) is 12.4. The van der Waals surface area contributed by atoms with Gasteiger partial charge in [0.2, 0.25) is 0 Å². The fraction of sp³-hybridized carbons (Fsp3) is 0.370. The Kier molecular flexibility index (Phi) is 9.13. The number of nitriles is 1. The van der Waals surface area contributed by atoms with Crippen molar-refractivity contribution in [1.29, 1.82) is 5.26 Å². The summed E-state index contributed by atoms with van der Waals surface area (Å²) in [5.74, 6) is 0.138. The van der Waals surface area contributed by atoms with Gasteiger partial charge in [0.05, 0.1) is 20.3 Å². The number of nitrogens with zero attached hydrogens (tertiary/aromatic N) is 2. The minimum atomic E-state index is -0.598. The first-order chi connectivity index (χ1) is 17.1. The average Bonchev–Trinajstić information content (AvgIpc) is 2.86. The minimum absolute atomic E-state index is 0.00116. The van der Waals surface area contributed by atoms with Gasteiger partial charge in [0.1, 0.15) is 17.4 Å². The van der Waals surface area contributed by atoms with Crippen LogP contribution in [0.5, 0.6) is 17.2 Å². The van der Waals surface area contributed by atoms with Crippen LogP contribution < -0.4 is 14.2 Å². The van der Waals surface area contributed by atoms with Crippen molar-refractivity contribution in [1.82, 2.24) is 4.90 Å². The van der Waals surface area contributed by atoms with Crippen molar-refractivity contribution in [2.45, 2.75) is 26.2 Å². The highest BCUT2D eigenvalue weighted by Gasteiger charge is 2.22. The summed E-state index contributed by atoms with van der Waals surface area (Å²) in [4.78, 5) is 26.8. The van der Waals surface area contributed by atoms with Gasteiger partial charge in [-0.2, -0.15) is 5.26 Å². The van der Waals surface area contributed by atoms with Crippen molar-refractivity contribution in [3.05, 3.63) is 57.6 Å². The van der Waals surface area contributed by atoms with Gasteiger partial charge in [0.15, 0.2) is 18.1 Å². The summed E-state index contributed by atoms with van der Waals surface area (Å²) in [6.45, 7) is 7.67. The molecule has 1 amide bonds. The number of carbonyl (C=O) groups excluding carboxylic acids is 2. The number of rotatable bonds is 7. The van der Waals surface area contributed by atoms with Crippen LogP contribution in [0, 0.1) is 11.3 Å². The van der Waals surface area contributed by atoms with Crippen molar-refractivity contribution in [2.75, 3.05) is 40.0 Å². The van der Waals surface area contributed by atoms with Gasteiger partial charge < -0.3 is 23.8 Å². The fourth-order valence-corrected chi connectivity index (χ4v) is 3.97. The van der Waals surface area contributed by atoms with Crippen LogP contribution in [0.1, 0.15) is 31.9 Å². The first-order valence-corrected chi connectivity index (χ1v) is 12.2. The molecule has 36 heavy (non-hydrogen) atoms. The number of esters is 1. The van der Waals surface area contributed by atoms with Gasteiger partial charge in [-0.25, -0.2) is 4.79 Å². The highest BCUT2D eigenvalue weighted by atomic mass is 79.9. The smallest absolute Gasteiger partial charge is 0.349 e. The molecule has 9 heteroatoms. The van der Waals surface area contributed by atoms with Gasteiger partial charge in [-0.15, -0.1) is 0 Å². The Labute approximate surface area is 219 Å². The molecule has 0 saturated carbocycles. The van der Waals surface area contributed by atoms with Gasteiger partial charge in [0.25, 0.3) is 5.91 Å². The molecule has 0 unspecified atom stereocenters. The molecule has 0 atom stereocenters. The normalized spacial score (nSPS) is 14.1. The first kappa shape index (κ1) is 27.2. The number of ether oxygens (including phenoxy) is 4. The lowest BCUT2D eigenvalue weighted by Gasteiger charge is -2.26. The molecule has 0 aromatic heterocycles. The van der Waals surface area contributed by atoms with Crippen molar-refractivity contribution >= 4 is 33.9 Å². The monoisotopic (exact) mass is 556 g/mol. The molecule has 0 aliphatic carbocycles. The van der Waals surface area contributed by atoms with Gasteiger partial charge in [-0.05, 0) is 47.4 Å². The van der Waals surface area contributed by atoms with E-state index in [4.69, 9.17) is 18.9 Å². The van der Waals surface area contributed by atoms with Crippen molar-refractivity contribution in [3.8, 4) is 23.3 Å². The van der Waals surface area contributed by atoms with E-state index in [-0.39, 0.29) is 35.0 Å². The largest absolute Gasteiger partial charge is 0.493 e. The zero-order chi connectivity index (χ0) is 26.3. The van der Waals surface area contributed by atoms with Crippen molar-refractivity contribution in [3.63, 3.8) is 0 Å². The number of morpholine rings is 1. The van der Waals surface area contributed by atoms with Gasteiger partial charge in [-0.3, -0.25) is 4.79 Å². The summed E-state index contributed by atoms with van der Waals surface area (Å²) in [5.41, 5.74) is 1.34. The number of hydrogen-bond donors (Lipinski definition) is 0. The highest BCUT2D eigenvalue weighted by molar-refractivity contribution is 9.10. The molecule has 0 N–H and O–H groups in total. The SMILES string of the molecule is COc1cc(/C=C(\C#N)C(=O)N2CCOCC2)ccc1OC(=O)COc1ccc(Br)cc1C(C)(C)C. The predicted octanol–water partition coefficient (Wildman–Crippen LogP) is 4.51. The van der Waals surface area contributed by atoms with Crippen LogP contribution in [0.3, 0.4) is 0 Å². The van der Waals surface area contributed by atoms with E-state index < -0.39 is 5.97 Å². The molecule has 1 fully saturated rings. The van der Waals surface area contributed by atoms with Crippen LogP contribution in [-0.4, -0.2) is 56.8 Å². The highest BCUT2D eigenvalue weighted by Crippen LogP contribution is 2.34. The predicted molar refractivity (Wildman–Crippen MR) is 138 cm³/mol. The van der Waals surface area contributed by atoms with Gasteiger partial charge in [-0.1, -0.05) is 42.8 Å². The number of methoxy groups -OCH3 is 1. The zero-order valence-electron chi connectivity index (χ0n) is 20.8. The Morgan fingerprint density at radius 3 is 2.44 bits per heavy atom. The summed E-state index contributed by atoms with van der Waals surface area (Å²) in [7, 11) is 1.44. The third kappa shape index (κ3) is 7.09. The standard InChI is InChI=1S/C27H29BrN2O6/c1-27(2,3)21-15-20(28)6-8-22(21)35-17-25(31)36-23-7-5-18(14-24(23)33-4)13-19(16-29)26(32)30-9-11-34-12-10-30/h5-8,13-15H,9-12,17H2,1-4H3/b19-13+. The van der Waals surface area contributed by atoms with Crippen molar-refractivity contribution < 1.29 is 28.5 Å². The van der Waals surface area contributed by atoms with E-state index in [1.54, 1.807) is 23.1 Å². The average molecular weight is 557 g/mol. The lowest BCUT2D eigenvalue weighted by molar-refractivity contribution is -0.136. The minimum Gasteiger partial charge on any atom is -0.493 e. The Morgan fingerprint density at radius 1 is 1.11 bits per heavy atom. The second-order valence-electron chi connectivity index (χ2n) is 9.14. The van der Waals surface area contributed by atoms with E-state index in [0.29, 0.717) is 37.6 Å². The molecule has 3 rings (SSSR count). The van der Waals surface area contributed by atoms with E-state index >= 15 is 0 Å². The van der Waals surface area contributed by atoms with E-state index in [1.807, 2.05) is 24.3 Å². The van der Waals surface area contributed by atoms with Gasteiger partial charge in [0, 0.05) is 23.1 Å². The van der Waals surface area contributed by atoms with Crippen LogP contribution >= 0.6 is 15.9 Å². The van der Waals surface area contributed by atoms with Gasteiger partial charge >= 0.3 is 5.97 Å². The maximum absolute atomic E-state index is 12.7. The van der Waals surface area contributed by atoms with E-state index in [2.05, 4.69) is 36.7 Å². The lowest BCUT2D eigenvalue weighted by Crippen LogP contribution is -2.41. The van der Waals surface area contributed by atoms with E-state index in [1.165, 1.54) is 13.2 Å². The Bertz CT molecular complexity index is 1190. The number of halogens is 1. The van der Waals surface area contributed by atoms with Crippen LogP contribution in [0.15, 0.2) is 46.4 Å². The van der Waals surface area contributed by atoms with Crippen LogP contribution in [0.4, 0.5) is 0 Å². The van der Waals surface area contributed by atoms with Crippen LogP contribution in [0.2, 0.25) is 0 Å². The second kappa shape index (κ2) is 12.1. The van der Waals surface area contributed by atoms with Crippen LogP contribution in [0.25, 0.3) is 6.08 Å². The molecule has 190 valence electrons. The molecule has 1 heterocycles. The molecule has 8 nitrogen and oxygen atoms in total. The Hall–Kier alpha value is -3.35. The molecule has 1 aliphatic heterocycles. The summed E-state index contributed by atoms with van der Waals surface area (Å²) < 4.78 is 22.8. The molecule has 0 spiro atoms. The third-order valence-corrected chi connectivity index (χ3v) is 5.96. The molecule has 0 bridgehead atoms. The Balaban J connectivity index is 1.70. The number of benzene rings is 2. The Morgan fingerprint density at radius 2 is 1.81 bits per heavy atom. The third-order valence-electron chi connectivity index (χ3n) is 5.47. The van der Waals surface area contributed by atoms with Crippen LogP contribution in [-0.2, 0) is 19.7 Å². The quantitative estimate of drug-likeness (QED) is 0.214. The molecule has 0 radical (unpaired) electrons. The lowest BCUT2D eigenvalue weighted by atomic mass is 9.86. The summed E-state index contributed by atoms with van der Waals surface area (Å²) in [6.07, 6.45) is 1.48. The van der Waals surface area contributed by atoms with E-state index in [9.17, 15) is 14.9 Å². The maximum Gasteiger partial charge on any atom is 0.349 e.